The molecular weight excluding hydrogens is 576 g/mol. The Bertz CT molecular complexity index is 1440. The van der Waals surface area contributed by atoms with Crippen LogP contribution in [0.1, 0.15) is 87.6 Å². The van der Waals surface area contributed by atoms with Crippen LogP contribution in [0.3, 0.4) is 0 Å². The number of hydrogen-bond donors (Lipinski definition) is 2. The highest BCUT2D eigenvalue weighted by Crippen LogP contribution is 2.48. The van der Waals surface area contributed by atoms with Crippen LogP contribution in [0.25, 0.3) is 0 Å². The number of carbonyl (C=O) groups is 5. The van der Waals surface area contributed by atoms with E-state index in [9.17, 15) is 24.0 Å². The molecule has 0 radical (unpaired) electrons. The molecule has 45 heavy (non-hydrogen) atoms. The maximum Gasteiger partial charge on any atom is 0.308 e. The predicted octanol–water partition coefficient (Wildman–Crippen LogP) is 3.19. The van der Waals surface area contributed by atoms with Gasteiger partial charge in [-0.15, -0.1) is 0 Å². The first-order valence-corrected chi connectivity index (χ1v) is 15.8. The monoisotopic (exact) mass is 618 g/mol. The predicted molar refractivity (Wildman–Crippen MR) is 166 cm³/mol. The molecule has 3 aliphatic rings. The number of Topliss-reactive ketones (excluding diaryl/α,β-unsaturated/α-hetero) is 1. The van der Waals surface area contributed by atoms with Crippen LogP contribution in [-0.4, -0.2) is 78.0 Å². The zero-order valence-corrected chi connectivity index (χ0v) is 26.2. The third-order valence-corrected chi connectivity index (χ3v) is 8.82. The van der Waals surface area contributed by atoms with Gasteiger partial charge in [-0.1, -0.05) is 18.2 Å². The summed E-state index contributed by atoms with van der Waals surface area (Å²) >= 11 is 0. The summed E-state index contributed by atoms with van der Waals surface area (Å²) in [5.74, 6) is -0.548. The van der Waals surface area contributed by atoms with E-state index in [-0.39, 0.29) is 36.0 Å². The number of ketones is 1. The van der Waals surface area contributed by atoms with Crippen molar-refractivity contribution in [2.24, 2.45) is 0 Å². The smallest absolute Gasteiger partial charge is 0.308 e. The van der Waals surface area contributed by atoms with Crippen molar-refractivity contribution in [3.8, 4) is 11.5 Å². The van der Waals surface area contributed by atoms with Gasteiger partial charge in [-0.3, -0.25) is 24.0 Å². The molecule has 0 fully saturated rings. The summed E-state index contributed by atoms with van der Waals surface area (Å²) in [5.41, 5.74) is 2.21. The molecule has 0 aliphatic carbocycles. The van der Waals surface area contributed by atoms with Crippen molar-refractivity contribution in [1.82, 2.24) is 20.4 Å². The fraction of sp³-hybridized carbons (Fsp3) is 0.500. The van der Waals surface area contributed by atoms with Gasteiger partial charge in [0.15, 0.2) is 0 Å². The van der Waals surface area contributed by atoms with Gasteiger partial charge >= 0.3 is 5.97 Å². The molecule has 11 heteroatoms. The van der Waals surface area contributed by atoms with Crippen molar-refractivity contribution in [2.45, 2.75) is 77.0 Å². The molecule has 0 aromatic heterocycles. The normalized spacial score (nSPS) is 24.4. The first-order valence-electron chi connectivity index (χ1n) is 15.8. The van der Waals surface area contributed by atoms with Gasteiger partial charge in [-0.05, 0) is 74.5 Å². The fourth-order valence-electron chi connectivity index (χ4n) is 6.58. The van der Waals surface area contributed by atoms with Crippen molar-refractivity contribution in [2.75, 3.05) is 32.7 Å². The van der Waals surface area contributed by atoms with Crippen LogP contribution in [0.5, 0.6) is 11.5 Å². The minimum atomic E-state index is -0.679. The Morgan fingerprint density at radius 1 is 0.889 bits per heavy atom. The average Bonchev–Trinajstić information content (AvgIpc) is 3.38. The molecule has 4 bridgehead atoms. The molecular formula is C34H42N4O7. The van der Waals surface area contributed by atoms with Crippen molar-refractivity contribution in [1.29, 1.82) is 0 Å². The van der Waals surface area contributed by atoms with Gasteiger partial charge in [0.25, 0.3) is 0 Å². The first-order chi connectivity index (χ1) is 21.6. The van der Waals surface area contributed by atoms with Crippen LogP contribution in [0.2, 0.25) is 0 Å². The third-order valence-electron chi connectivity index (χ3n) is 8.82. The molecule has 0 saturated carbocycles. The Labute approximate surface area is 263 Å². The molecule has 240 valence electrons. The fourth-order valence-corrected chi connectivity index (χ4v) is 6.58. The van der Waals surface area contributed by atoms with Crippen LogP contribution in [0.4, 0.5) is 0 Å². The number of ether oxygens (including phenoxy) is 2. The van der Waals surface area contributed by atoms with Gasteiger partial charge in [0.05, 0.1) is 18.5 Å². The Morgan fingerprint density at radius 2 is 1.60 bits per heavy atom. The van der Waals surface area contributed by atoms with Gasteiger partial charge in [-0.25, -0.2) is 0 Å². The lowest BCUT2D eigenvalue weighted by atomic mass is 9.87. The quantitative estimate of drug-likeness (QED) is 0.396. The summed E-state index contributed by atoms with van der Waals surface area (Å²) in [5, 5.41) is 6.35. The molecule has 3 aliphatic heterocycles. The average molecular weight is 619 g/mol. The molecule has 0 saturated heterocycles. The van der Waals surface area contributed by atoms with E-state index in [0.29, 0.717) is 75.5 Å². The molecule has 4 unspecified atom stereocenters. The van der Waals surface area contributed by atoms with Gasteiger partial charge < -0.3 is 29.9 Å². The molecule has 4 atom stereocenters. The minimum Gasteiger partial charge on any atom is -0.484 e. The summed E-state index contributed by atoms with van der Waals surface area (Å²) in [7, 11) is 0. The second kappa shape index (κ2) is 14.2. The van der Waals surface area contributed by atoms with E-state index in [1.807, 2.05) is 23.1 Å². The Morgan fingerprint density at radius 3 is 2.29 bits per heavy atom. The van der Waals surface area contributed by atoms with Crippen molar-refractivity contribution in [3.63, 3.8) is 0 Å². The zero-order valence-electron chi connectivity index (χ0n) is 26.2. The Kier molecular flexibility index (Phi) is 10.2. The number of fused-ring (bicyclic) bond motifs is 1. The lowest BCUT2D eigenvalue weighted by Gasteiger charge is -2.32. The van der Waals surface area contributed by atoms with E-state index in [1.54, 1.807) is 36.1 Å². The van der Waals surface area contributed by atoms with Crippen LogP contribution in [0.15, 0.2) is 42.5 Å². The number of hydrogen-bond acceptors (Lipinski definition) is 8. The number of nitrogens with one attached hydrogen (secondary N) is 2. The summed E-state index contributed by atoms with van der Waals surface area (Å²) in [6, 6.07) is 11.6. The molecule has 3 heterocycles. The van der Waals surface area contributed by atoms with Crippen LogP contribution in [-0.2, 0) is 24.0 Å². The standard InChI is InChI=1S/C34H42N4O7/c1-21(39)28-7-4-18-38(22(2)40)29-20-31(42)36-15-6-17-37(16-5-14-35-28)34(43)32-27-19-25(29)10-13-30(27)45-33(32)24-8-11-26(12-9-24)44-23(3)41/h8-13,19,28-29,32-33,35H,4-7,14-18,20H2,1-3H3,(H,36,42). The lowest BCUT2D eigenvalue weighted by Crippen LogP contribution is -2.41. The SMILES string of the molecule is CC(=O)Oc1ccc(C2Oc3ccc4cc3C2C(=O)N2CCCNC(=O)CC4N(C(C)=O)CCCC(C(C)=O)NCCC2)cc1. The Balaban J connectivity index is 1.61. The van der Waals surface area contributed by atoms with Crippen molar-refractivity contribution < 1.29 is 33.4 Å². The molecule has 5 rings (SSSR count). The number of benzene rings is 2. The maximum atomic E-state index is 14.6. The van der Waals surface area contributed by atoms with Gasteiger partial charge in [0.1, 0.15) is 29.3 Å². The number of amides is 3. The number of nitrogens with zero attached hydrogens (tertiary/aromatic N) is 2. The maximum absolute atomic E-state index is 14.6. The van der Waals surface area contributed by atoms with Crippen LogP contribution < -0.4 is 20.1 Å². The van der Waals surface area contributed by atoms with E-state index in [2.05, 4.69) is 10.6 Å². The molecule has 2 aromatic rings. The number of esters is 1. The van der Waals surface area contributed by atoms with E-state index < -0.39 is 24.0 Å². The molecule has 2 aromatic carbocycles. The Hall–Kier alpha value is -4.25. The highest BCUT2D eigenvalue weighted by molar-refractivity contribution is 5.87. The molecule has 2 N–H and O–H groups in total. The van der Waals surface area contributed by atoms with Crippen molar-refractivity contribution >= 4 is 29.5 Å². The molecule has 3 amide bonds. The summed E-state index contributed by atoms with van der Waals surface area (Å²) in [6.07, 6.45) is 1.76. The van der Waals surface area contributed by atoms with E-state index in [0.717, 1.165) is 11.1 Å². The first kappa shape index (κ1) is 32.2. The summed E-state index contributed by atoms with van der Waals surface area (Å²) in [4.78, 5) is 68.3. The third kappa shape index (κ3) is 7.53. The minimum absolute atomic E-state index is 0.0261. The highest BCUT2D eigenvalue weighted by Gasteiger charge is 2.43. The molecule has 0 spiro atoms. The molecule has 11 nitrogen and oxygen atoms in total. The number of carbonyl (C=O) groups excluding carboxylic acids is 5. The van der Waals surface area contributed by atoms with Crippen LogP contribution in [0, 0.1) is 0 Å². The second-order valence-electron chi connectivity index (χ2n) is 12.1. The lowest BCUT2D eigenvalue weighted by molar-refractivity contribution is -0.135. The highest BCUT2D eigenvalue weighted by atomic mass is 16.5. The van der Waals surface area contributed by atoms with E-state index >= 15 is 0 Å². The number of rotatable bonds is 3. The summed E-state index contributed by atoms with van der Waals surface area (Å²) < 4.78 is 11.7. The largest absolute Gasteiger partial charge is 0.484 e. The van der Waals surface area contributed by atoms with Gasteiger partial charge in [-0.2, -0.15) is 0 Å². The van der Waals surface area contributed by atoms with Crippen LogP contribution >= 0.6 is 0 Å². The summed E-state index contributed by atoms with van der Waals surface area (Å²) in [6.45, 7) is 6.61. The van der Waals surface area contributed by atoms with Gasteiger partial charge in [0, 0.05) is 45.6 Å². The van der Waals surface area contributed by atoms with Gasteiger partial charge in [0.2, 0.25) is 17.7 Å². The zero-order chi connectivity index (χ0) is 32.1. The van der Waals surface area contributed by atoms with E-state index in [4.69, 9.17) is 9.47 Å². The van der Waals surface area contributed by atoms with E-state index in [1.165, 1.54) is 13.8 Å². The second-order valence-corrected chi connectivity index (χ2v) is 12.1. The topological polar surface area (TPSA) is 134 Å². The van der Waals surface area contributed by atoms with Crippen molar-refractivity contribution in [3.05, 3.63) is 59.2 Å².